The van der Waals surface area contributed by atoms with Crippen LogP contribution in [0.2, 0.25) is 0 Å². The minimum Gasteiger partial charge on any atom is -0.468 e. The van der Waals surface area contributed by atoms with E-state index in [0.717, 1.165) is 7.11 Å². The topological polar surface area (TPSA) is 160 Å². The molecule has 308 valence electrons. The lowest BCUT2D eigenvalue weighted by Crippen LogP contribution is -2.71. The summed E-state index contributed by atoms with van der Waals surface area (Å²) < 4.78 is 11.2. The SMILES string of the molecule is COC(=O)C(CCC(c1ccccc1)(c1ccccc1)N1C(=O)c2ccccc2C1=O)C(=O)N[C@@H]1C(=O)N2C(C(=O)OC(c3ccccc3)c3ccccc3)=C(CO)CS[C@@H]12. The van der Waals surface area contributed by atoms with E-state index in [0.29, 0.717) is 27.8 Å². The Morgan fingerprint density at radius 3 is 1.74 bits per heavy atom. The number of fused-ring (bicyclic) bond motifs is 2. The van der Waals surface area contributed by atoms with Crippen LogP contribution < -0.4 is 5.32 Å². The van der Waals surface area contributed by atoms with Crippen molar-refractivity contribution < 1.29 is 43.3 Å². The molecule has 8 rings (SSSR count). The smallest absolute Gasteiger partial charge is 0.356 e. The molecule has 0 aromatic heterocycles. The molecule has 0 spiro atoms. The Hall–Kier alpha value is -6.83. The van der Waals surface area contributed by atoms with Gasteiger partial charge in [0.2, 0.25) is 5.91 Å². The number of rotatable bonds is 14. The molecule has 3 aliphatic heterocycles. The van der Waals surface area contributed by atoms with Crippen LogP contribution in [-0.2, 0) is 34.2 Å². The van der Waals surface area contributed by atoms with Crippen molar-refractivity contribution in [2.75, 3.05) is 19.5 Å². The number of hydrogen-bond acceptors (Lipinski definition) is 10. The summed E-state index contributed by atoms with van der Waals surface area (Å²) >= 11 is 1.25. The third-order valence-electron chi connectivity index (χ3n) is 11.4. The number of esters is 2. The largest absolute Gasteiger partial charge is 0.468 e. The molecular formula is C48H41N3O9S. The normalized spacial score (nSPS) is 17.7. The van der Waals surface area contributed by atoms with E-state index in [4.69, 9.17) is 9.47 Å². The Balaban J connectivity index is 1.07. The van der Waals surface area contributed by atoms with E-state index >= 15 is 0 Å². The molecule has 1 unspecified atom stereocenters. The number of carbonyl (C=O) groups excluding carboxylic acids is 6. The van der Waals surface area contributed by atoms with E-state index in [1.54, 1.807) is 72.8 Å². The van der Waals surface area contributed by atoms with Gasteiger partial charge in [-0.05, 0) is 52.8 Å². The zero-order chi connectivity index (χ0) is 42.7. The fourth-order valence-corrected chi connectivity index (χ4v) is 9.77. The molecule has 4 amide bonds. The van der Waals surface area contributed by atoms with Gasteiger partial charge in [-0.3, -0.25) is 33.8 Å². The number of nitrogens with one attached hydrogen (secondary N) is 1. The molecule has 0 bridgehead atoms. The van der Waals surface area contributed by atoms with Crippen LogP contribution in [0.3, 0.4) is 0 Å². The van der Waals surface area contributed by atoms with Gasteiger partial charge in [-0.25, -0.2) is 4.79 Å². The summed E-state index contributed by atoms with van der Waals surface area (Å²) in [6.45, 7) is -0.506. The second-order valence-electron chi connectivity index (χ2n) is 14.8. The number of methoxy groups -OCH3 is 1. The van der Waals surface area contributed by atoms with E-state index in [1.807, 2.05) is 72.8 Å². The average Bonchev–Trinajstić information content (AvgIpc) is 3.57. The molecule has 0 aliphatic carbocycles. The van der Waals surface area contributed by atoms with Crippen LogP contribution in [0.15, 0.2) is 157 Å². The number of nitrogens with zero attached hydrogens (tertiary/aromatic N) is 2. The van der Waals surface area contributed by atoms with Gasteiger partial charge in [-0.1, -0.05) is 133 Å². The predicted octanol–water partition coefficient (Wildman–Crippen LogP) is 5.77. The molecule has 0 saturated carbocycles. The molecule has 0 radical (unpaired) electrons. The summed E-state index contributed by atoms with van der Waals surface area (Å²) in [7, 11) is 1.15. The number of benzene rings is 5. The fourth-order valence-electron chi connectivity index (χ4n) is 8.43. The van der Waals surface area contributed by atoms with E-state index in [-0.39, 0.29) is 35.4 Å². The second kappa shape index (κ2) is 17.4. The molecular weight excluding hydrogens is 795 g/mol. The maximum Gasteiger partial charge on any atom is 0.356 e. The van der Waals surface area contributed by atoms with Gasteiger partial charge in [0.05, 0.1) is 24.8 Å². The van der Waals surface area contributed by atoms with Gasteiger partial charge in [-0.2, -0.15) is 0 Å². The van der Waals surface area contributed by atoms with E-state index < -0.39 is 71.2 Å². The highest BCUT2D eigenvalue weighted by Crippen LogP contribution is 2.46. The quantitative estimate of drug-likeness (QED) is 0.0609. The van der Waals surface area contributed by atoms with Crippen LogP contribution in [0.25, 0.3) is 0 Å². The molecule has 12 nitrogen and oxygen atoms in total. The number of β-lactam (4-membered cyclic amide) rings is 1. The second-order valence-corrected chi connectivity index (χ2v) is 15.9. The average molecular weight is 836 g/mol. The first-order valence-electron chi connectivity index (χ1n) is 19.7. The minimum atomic E-state index is -1.48. The fraction of sp³-hybridized carbons (Fsp3) is 0.208. The third kappa shape index (κ3) is 7.40. The number of hydrogen-bond donors (Lipinski definition) is 2. The Morgan fingerprint density at radius 2 is 1.25 bits per heavy atom. The summed E-state index contributed by atoms with van der Waals surface area (Å²) in [5.74, 6) is -5.49. The molecule has 3 atom stereocenters. The van der Waals surface area contributed by atoms with Crippen molar-refractivity contribution in [1.29, 1.82) is 0 Å². The summed E-state index contributed by atoms with van der Waals surface area (Å²) in [6, 6.07) is 41.7. The molecule has 2 N–H and O–H groups in total. The predicted molar refractivity (Wildman–Crippen MR) is 225 cm³/mol. The van der Waals surface area contributed by atoms with Crippen LogP contribution >= 0.6 is 11.8 Å². The maximum absolute atomic E-state index is 14.3. The molecule has 5 aromatic carbocycles. The van der Waals surface area contributed by atoms with E-state index in [2.05, 4.69) is 5.32 Å². The van der Waals surface area contributed by atoms with Crippen molar-refractivity contribution in [2.24, 2.45) is 5.92 Å². The van der Waals surface area contributed by atoms with Gasteiger partial charge in [0.15, 0.2) is 6.10 Å². The maximum atomic E-state index is 14.3. The van der Waals surface area contributed by atoms with Gasteiger partial charge in [0, 0.05) is 5.75 Å². The van der Waals surface area contributed by atoms with Crippen LogP contribution in [0.4, 0.5) is 0 Å². The van der Waals surface area contributed by atoms with Crippen molar-refractivity contribution >= 4 is 47.3 Å². The van der Waals surface area contributed by atoms with Gasteiger partial charge < -0.3 is 19.9 Å². The zero-order valence-electron chi connectivity index (χ0n) is 33.0. The number of aliphatic hydroxyl groups is 1. The Morgan fingerprint density at radius 1 is 0.754 bits per heavy atom. The lowest BCUT2D eigenvalue weighted by atomic mass is 9.76. The molecule has 13 heteroatoms. The Bertz CT molecular complexity index is 2400. The van der Waals surface area contributed by atoms with Gasteiger partial charge in [0.25, 0.3) is 17.7 Å². The first-order chi connectivity index (χ1) is 29.7. The van der Waals surface area contributed by atoms with Crippen molar-refractivity contribution in [3.63, 3.8) is 0 Å². The molecule has 1 fully saturated rings. The molecule has 61 heavy (non-hydrogen) atoms. The summed E-state index contributed by atoms with van der Waals surface area (Å²) in [5, 5.41) is 12.3. The molecule has 3 heterocycles. The first kappa shape index (κ1) is 40.9. The van der Waals surface area contributed by atoms with Crippen molar-refractivity contribution in [3.05, 3.63) is 190 Å². The third-order valence-corrected chi connectivity index (χ3v) is 12.8. The highest BCUT2D eigenvalue weighted by Gasteiger charge is 2.56. The summed E-state index contributed by atoms with van der Waals surface area (Å²) in [6.07, 6.45) is -1.10. The number of aliphatic hydroxyl groups excluding tert-OH is 1. The number of amides is 4. The molecule has 5 aromatic rings. The number of ether oxygens (including phenoxy) is 2. The lowest BCUT2D eigenvalue weighted by Gasteiger charge is -2.50. The highest BCUT2D eigenvalue weighted by molar-refractivity contribution is 8.00. The lowest BCUT2D eigenvalue weighted by molar-refractivity contribution is -0.156. The van der Waals surface area contributed by atoms with Crippen molar-refractivity contribution in [2.45, 2.75) is 35.9 Å². The van der Waals surface area contributed by atoms with Crippen LogP contribution in [-0.4, -0.2) is 81.4 Å². The minimum absolute atomic E-state index is 0.0782. The zero-order valence-corrected chi connectivity index (χ0v) is 33.8. The number of thioether (sulfide) groups is 1. The van der Waals surface area contributed by atoms with E-state index in [9.17, 15) is 33.9 Å². The number of carbonyl (C=O) groups is 6. The molecule has 1 saturated heterocycles. The van der Waals surface area contributed by atoms with Crippen molar-refractivity contribution in [3.8, 4) is 0 Å². The van der Waals surface area contributed by atoms with Gasteiger partial charge in [0.1, 0.15) is 28.6 Å². The Kier molecular flexibility index (Phi) is 11.7. The van der Waals surface area contributed by atoms with Crippen LogP contribution in [0, 0.1) is 5.92 Å². The first-order valence-corrected chi connectivity index (χ1v) is 20.8. The van der Waals surface area contributed by atoms with Gasteiger partial charge in [-0.15, -0.1) is 11.8 Å². The summed E-state index contributed by atoms with van der Waals surface area (Å²) in [4.78, 5) is 87.0. The van der Waals surface area contributed by atoms with Crippen LogP contribution in [0.5, 0.6) is 0 Å². The van der Waals surface area contributed by atoms with E-state index in [1.165, 1.54) is 21.6 Å². The number of imide groups is 1. The highest BCUT2D eigenvalue weighted by atomic mass is 32.2. The Labute approximate surface area is 356 Å². The standard InChI is InChI=1S/C48H41N3O9S/c1-59-46(57)37(26-27-48(33-20-10-4-11-21-33,34-22-12-5-13-23-34)51-42(54)35-24-14-15-25-36(35)43(51)55)41(53)49-38-44(56)50-39(32(28-52)29-61-45(38)50)47(58)60-40(30-16-6-2-7-17-30)31-18-8-3-9-19-31/h2-25,37-38,40,45,52H,26-29H2,1H3,(H,49,53)/t37?,38-,45+/m1/s1. The molecule has 3 aliphatic rings. The van der Waals surface area contributed by atoms with Crippen molar-refractivity contribution in [1.82, 2.24) is 15.1 Å². The van der Waals surface area contributed by atoms with Gasteiger partial charge >= 0.3 is 11.9 Å². The monoisotopic (exact) mass is 835 g/mol. The summed E-state index contributed by atoms with van der Waals surface area (Å²) in [5.41, 5.74) is 1.76. The van der Waals surface area contributed by atoms with Crippen LogP contribution in [0.1, 0.15) is 61.9 Å².